The highest BCUT2D eigenvalue weighted by atomic mass is 16.5. The van der Waals surface area contributed by atoms with Crippen LogP contribution in [0.25, 0.3) is 0 Å². The van der Waals surface area contributed by atoms with Crippen LogP contribution in [0.15, 0.2) is 6.20 Å². The van der Waals surface area contributed by atoms with Crippen molar-refractivity contribution in [1.82, 2.24) is 9.97 Å². The van der Waals surface area contributed by atoms with Crippen molar-refractivity contribution >= 4 is 5.82 Å². The summed E-state index contributed by atoms with van der Waals surface area (Å²) in [6.45, 7) is 6.12. The van der Waals surface area contributed by atoms with Crippen LogP contribution in [0.1, 0.15) is 56.8 Å². The third kappa shape index (κ3) is 3.28. The van der Waals surface area contributed by atoms with Crippen LogP contribution in [0.4, 0.5) is 5.82 Å². The smallest absolute Gasteiger partial charge is 0.135 e. The van der Waals surface area contributed by atoms with Crippen molar-refractivity contribution in [3.8, 4) is 0 Å². The van der Waals surface area contributed by atoms with Gasteiger partial charge in [0.25, 0.3) is 0 Å². The molecule has 3 fully saturated rings. The van der Waals surface area contributed by atoms with Crippen molar-refractivity contribution in [3.63, 3.8) is 0 Å². The molecular formula is C20H31N3O2. The van der Waals surface area contributed by atoms with Gasteiger partial charge in [-0.25, -0.2) is 9.97 Å². The molecule has 3 atom stereocenters. The van der Waals surface area contributed by atoms with Crippen molar-refractivity contribution in [3.05, 3.63) is 17.6 Å². The summed E-state index contributed by atoms with van der Waals surface area (Å²) in [6, 6.07) is 0.357. The first-order chi connectivity index (χ1) is 12.1. The Kier molecular flexibility index (Phi) is 4.71. The monoisotopic (exact) mass is 345 g/mol. The number of hydrogen-bond donors (Lipinski definition) is 0. The summed E-state index contributed by atoms with van der Waals surface area (Å²) < 4.78 is 12.4. The van der Waals surface area contributed by atoms with Crippen LogP contribution in [0.2, 0.25) is 0 Å². The summed E-state index contributed by atoms with van der Waals surface area (Å²) in [7, 11) is 1.88. The summed E-state index contributed by atoms with van der Waals surface area (Å²) in [5, 5.41) is 0. The van der Waals surface area contributed by atoms with Crippen molar-refractivity contribution in [2.75, 3.05) is 25.2 Å². The number of anilines is 1. The minimum absolute atomic E-state index is 0.0384. The summed E-state index contributed by atoms with van der Waals surface area (Å²) in [6.07, 6.45) is 10.4. The molecule has 0 bridgehead atoms. The standard InChI is InChI=1S/C20H31N3O2/c1-4-16-12-21-14(2)22-19(16)23-10-9-20(24-3)8-7-17(11-18(20)23)25-13-15-5-6-15/h12,15,17-18H,4-11,13H2,1-3H3/t17-,18-,20+/m0/s1. The topological polar surface area (TPSA) is 47.5 Å². The van der Waals surface area contributed by atoms with E-state index in [1.165, 1.54) is 18.4 Å². The highest BCUT2D eigenvalue weighted by Gasteiger charge is 2.52. The second kappa shape index (κ2) is 6.84. The zero-order valence-electron chi connectivity index (χ0n) is 15.8. The molecule has 1 aromatic heterocycles. The molecule has 0 spiro atoms. The lowest BCUT2D eigenvalue weighted by Crippen LogP contribution is -2.52. The first kappa shape index (κ1) is 17.2. The maximum absolute atomic E-state index is 6.25. The predicted octanol–water partition coefficient (Wildman–Crippen LogP) is 3.29. The molecular weight excluding hydrogens is 314 g/mol. The second-order valence-corrected chi connectivity index (χ2v) is 8.02. The van der Waals surface area contributed by atoms with Gasteiger partial charge in [0.05, 0.1) is 17.7 Å². The van der Waals surface area contributed by atoms with E-state index in [0.29, 0.717) is 12.1 Å². The molecule has 3 aliphatic rings. The minimum Gasteiger partial charge on any atom is -0.378 e. The third-order valence-corrected chi connectivity index (χ3v) is 6.42. The molecule has 0 unspecified atom stereocenters. The molecule has 2 saturated carbocycles. The molecule has 1 aliphatic heterocycles. The molecule has 2 aliphatic carbocycles. The molecule has 0 amide bonds. The number of hydrogen-bond acceptors (Lipinski definition) is 5. The van der Waals surface area contributed by atoms with E-state index < -0.39 is 0 Å². The quantitative estimate of drug-likeness (QED) is 0.792. The minimum atomic E-state index is -0.0384. The highest BCUT2D eigenvalue weighted by molar-refractivity contribution is 5.50. The largest absolute Gasteiger partial charge is 0.378 e. The Hall–Kier alpha value is -1.20. The molecule has 0 radical (unpaired) electrons. The van der Waals surface area contributed by atoms with Gasteiger partial charge in [0.1, 0.15) is 11.6 Å². The lowest BCUT2D eigenvalue weighted by Gasteiger charge is -2.44. The summed E-state index contributed by atoms with van der Waals surface area (Å²) in [5.41, 5.74) is 1.20. The van der Waals surface area contributed by atoms with Crippen LogP contribution >= 0.6 is 0 Å². The molecule has 25 heavy (non-hydrogen) atoms. The summed E-state index contributed by atoms with van der Waals surface area (Å²) in [4.78, 5) is 11.7. The van der Waals surface area contributed by atoms with E-state index in [0.717, 1.165) is 62.8 Å². The summed E-state index contributed by atoms with van der Waals surface area (Å²) in [5.74, 6) is 2.78. The fraction of sp³-hybridized carbons (Fsp3) is 0.800. The van der Waals surface area contributed by atoms with E-state index in [-0.39, 0.29) is 5.60 Å². The molecule has 1 saturated heterocycles. The second-order valence-electron chi connectivity index (χ2n) is 8.02. The Morgan fingerprint density at radius 3 is 2.84 bits per heavy atom. The van der Waals surface area contributed by atoms with Crippen molar-refractivity contribution in [2.24, 2.45) is 5.92 Å². The first-order valence-corrected chi connectivity index (χ1v) is 9.91. The number of methoxy groups -OCH3 is 1. The van der Waals surface area contributed by atoms with Crippen LogP contribution < -0.4 is 4.90 Å². The van der Waals surface area contributed by atoms with E-state index in [1.54, 1.807) is 0 Å². The van der Waals surface area contributed by atoms with Crippen LogP contribution in [-0.4, -0.2) is 48.0 Å². The van der Waals surface area contributed by atoms with Crippen LogP contribution in [0.5, 0.6) is 0 Å². The molecule has 1 aromatic rings. The van der Waals surface area contributed by atoms with Gasteiger partial charge < -0.3 is 14.4 Å². The van der Waals surface area contributed by atoms with Gasteiger partial charge in [-0.1, -0.05) is 6.92 Å². The molecule has 5 heteroatoms. The summed E-state index contributed by atoms with van der Waals surface area (Å²) >= 11 is 0. The number of fused-ring (bicyclic) bond motifs is 1. The zero-order chi connectivity index (χ0) is 17.4. The van der Waals surface area contributed by atoms with Crippen LogP contribution in [0.3, 0.4) is 0 Å². The Morgan fingerprint density at radius 1 is 1.28 bits per heavy atom. The first-order valence-electron chi connectivity index (χ1n) is 9.91. The van der Waals surface area contributed by atoms with Gasteiger partial charge >= 0.3 is 0 Å². The molecule has 4 rings (SSSR count). The van der Waals surface area contributed by atoms with Gasteiger partial charge in [-0.15, -0.1) is 0 Å². The van der Waals surface area contributed by atoms with Crippen LogP contribution in [0, 0.1) is 12.8 Å². The fourth-order valence-corrected chi connectivity index (χ4v) is 4.60. The molecule has 2 heterocycles. The number of nitrogens with zero attached hydrogens (tertiary/aromatic N) is 3. The normalized spacial score (nSPS) is 32.0. The maximum Gasteiger partial charge on any atom is 0.135 e. The number of ether oxygens (including phenoxy) is 2. The lowest BCUT2D eigenvalue weighted by atomic mass is 9.79. The van der Waals surface area contributed by atoms with Gasteiger partial charge in [0, 0.05) is 32.0 Å². The zero-order valence-corrected chi connectivity index (χ0v) is 15.8. The molecule has 0 N–H and O–H groups in total. The molecule has 5 nitrogen and oxygen atoms in total. The number of aryl methyl sites for hydroxylation is 2. The fourth-order valence-electron chi connectivity index (χ4n) is 4.60. The van der Waals surface area contributed by atoms with Gasteiger partial charge in [-0.2, -0.15) is 0 Å². The maximum atomic E-state index is 6.25. The molecule has 0 aromatic carbocycles. The average molecular weight is 345 g/mol. The van der Waals surface area contributed by atoms with Gasteiger partial charge in [-0.05, 0) is 57.8 Å². The Morgan fingerprint density at radius 2 is 2.12 bits per heavy atom. The van der Waals surface area contributed by atoms with Crippen molar-refractivity contribution < 1.29 is 9.47 Å². The van der Waals surface area contributed by atoms with E-state index in [1.807, 2.05) is 20.2 Å². The Labute approximate surface area is 151 Å². The van der Waals surface area contributed by atoms with E-state index in [4.69, 9.17) is 14.5 Å². The predicted molar refractivity (Wildman–Crippen MR) is 98.0 cm³/mol. The highest BCUT2D eigenvalue weighted by Crippen LogP contribution is 2.45. The Balaban J connectivity index is 1.57. The molecule has 138 valence electrons. The number of aromatic nitrogens is 2. The number of rotatable bonds is 6. The lowest BCUT2D eigenvalue weighted by molar-refractivity contribution is -0.0817. The average Bonchev–Trinajstić information content (AvgIpc) is 3.39. The van der Waals surface area contributed by atoms with Crippen molar-refractivity contribution in [2.45, 2.75) is 76.5 Å². The van der Waals surface area contributed by atoms with E-state index >= 15 is 0 Å². The van der Waals surface area contributed by atoms with Gasteiger partial charge in [0.2, 0.25) is 0 Å². The SMILES string of the molecule is CCc1cnc(C)nc1N1CC[C@]2(OC)CC[C@H](OCC3CC3)C[C@H]12. The van der Waals surface area contributed by atoms with Crippen LogP contribution in [-0.2, 0) is 15.9 Å². The third-order valence-electron chi connectivity index (χ3n) is 6.42. The van der Waals surface area contributed by atoms with Gasteiger partial charge in [-0.3, -0.25) is 0 Å². The van der Waals surface area contributed by atoms with Crippen molar-refractivity contribution in [1.29, 1.82) is 0 Å². The van der Waals surface area contributed by atoms with E-state index in [2.05, 4.69) is 16.8 Å². The van der Waals surface area contributed by atoms with Gasteiger partial charge in [0.15, 0.2) is 0 Å². The Bertz CT molecular complexity index is 619. The van der Waals surface area contributed by atoms with E-state index in [9.17, 15) is 0 Å².